The zero-order chi connectivity index (χ0) is 24.2. The molecule has 3 aliphatic heterocycles. The summed E-state index contributed by atoms with van der Waals surface area (Å²) in [7, 11) is 0. The molecule has 2 amide bonds. The number of ether oxygens (including phenoxy) is 1. The number of nitrogens with zero attached hydrogens (tertiary/aromatic N) is 3. The van der Waals surface area contributed by atoms with Gasteiger partial charge in [-0.15, -0.1) is 0 Å². The van der Waals surface area contributed by atoms with E-state index in [9.17, 15) is 27.6 Å². The van der Waals surface area contributed by atoms with Gasteiger partial charge < -0.3 is 15.0 Å². The third kappa shape index (κ3) is 3.47. The van der Waals surface area contributed by atoms with Gasteiger partial charge >= 0.3 is 0 Å². The summed E-state index contributed by atoms with van der Waals surface area (Å²) < 4.78 is 48.1. The van der Waals surface area contributed by atoms with Gasteiger partial charge in [0.15, 0.2) is 5.43 Å². The van der Waals surface area contributed by atoms with Gasteiger partial charge in [0.2, 0.25) is 0 Å². The van der Waals surface area contributed by atoms with Crippen LogP contribution in [0.15, 0.2) is 41.3 Å². The lowest BCUT2D eigenvalue weighted by atomic mass is 9.97. The van der Waals surface area contributed by atoms with Gasteiger partial charge in [0.05, 0.1) is 6.61 Å². The highest BCUT2D eigenvalue weighted by atomic mass is 19.1. The Morgan fingerprint density at radius 1 is 1.21 bits per heavy atom. The number of nitrogens with one attached hydrogen (secondary N) is 1. The SMILES string of the molecule is CC1C=CC2(CCOC2)N2CN1C(=O)c1cc(=O)c(C(=O)NCc3c(F)cc(F)cc3F)cn12. The van der Waals surface area contributed by atoms with Crippen molar-refractivity contribution >= 4 is 11.8 Å². The highest BCUT2D eigenvalue weighted by Crippen LogP contribution is 2.33. The average molecular weight is 474 g/mol. The summed E-state index contributed by atoms with van der Waals surface area (Å²) in [6.45, 7) is 2.39. The molecule has 1 fully saturated rings. The van der Waals surface area contributed by atoms with Crippen LogP contribution in [0.3, 0.4) is 0 Å². The third-order valence-corrected chi connectivity index (χ3v) is 6.56. The van der Waals surface area contributed by atoms with E-state index in [0.29, 0.717) is 31.8 Å². The lowest BCUT2D eigenvalue weighted by molar-refractivity contribution is 0.0635. The lowest BCUT2D eigenvalue weighted by Crippen LogP contribution is -2.63. The molecule has 0 radical (unpaired) electrons. The van der Waals surface area contributed by atoms with Crippen LogP contribution in [0.4, 0.5) is 13.2 Å². The fourth-order valence-corrected chi connectivity index (χ4v) is 4.56. The number of aromatic nitrogens is 1. The van der Waals surface area contributed by atoms with Gasteiger partial charge in [-0.2, -0.15) is 0 Å². The molecule has 0 aliphatic carbocycles. The van der Waals surface area contributed by atoms with E-state index in [1.807, 2.05) is 24.1 Å². The summed E-state index contributed by atoms with van der Waals surface area (Å²) in [6, 6.07) is 1.90. The molecule has 4 heterocycles. The Bertz CT molecular complexity index is 1260. The van der Waals surface area contributed by atoms with E-state index < -0.39 is 46.4 Å². The zero-order valence-corrected chi connectivity index (χ0v) is 18.2. The van der Waals surface area contributed by atoms with E-state index in [0.717, 1.165) is 6.07 Å². The van der Waals surface area contributed by atoms with E-state index >= 15 is 0 Å². The van der Waals surface area contributed by atoms with Crippen LogP contribution < -0.4 is 15.8 Å². The molecule has 1 N–H and O–H groups in total. The van der Waals surface area contributed by atoms with Gasteiger partial charge in [-0.3, -0.25) is 24.1 Å². The minimum atomic E-state index is -1.15. The first kappa shape index (κ1) is 22.2. The van der Waals surface area contributed by atoms with E-state index in [1.165, 1.54) is 10.9 Å². The van der Waals surface area contributed by atoms with Crippen LogP contribution in [0.5, 0.6) is 0 Å². The van der Waals surface area contributed by atoms with Crippen molar-refractivity contribution in [3.8, 4) is 0 Å². The zero-order valence-electron chi connectivity index (χ0n) is 18.2. The van der Waals surface area contributed by atoms with Crippen LogP contribution in [0.25, 0.3) is 0 Å². The summed E-state index contributed by atoms with van der Waals surface area (Å²) in [5, 5.41) is 4.19. The maximum atomic E-state index is 13.9. The normalized spacial score (nSPS) is 23.3. The molecule has 3 aliphatic rings. The summed E-state index contributed by atoms with van der Waals surface area (Å²) in [6.07, 6.45) is 5.83. The molecule has 0 saturated carbocycles. The monoisotopic (exact) mass is 474 g/mol. The molecule has 178 valence electrons. The Hall–Kier alpha value is -3.60. The predicted octanol–water partition coefficient (Wildman–Crippen LogP) is 1.66. The van der Waals surface area contributed by atoms with Crippen LogP contribution >= 0.6 is 0 Å². The molecular weight excluding hydrogens is 453 g/mol. The Morgan fingerprint density at radius 2 is 1.94 bits per heavy atom. The van der Waals surface area contributed by atoms with Crippen molar-refractivity contribution in [1.82, 2.24) is 14.9 Å². The number of halogens is 3. The average Bonchev–Trinajstić information content (AvgIpc) is 3.22. The second-order valence-electron chi connectivity index (χ2n) is 8.63. The first-order chi connectivity index (χ1) is 16.2. The van der Waals surface area contributed by atoms with Crippen molar-refractivity contribution in [2.24, 2.45) is 0 Å². The van der Waals surface area contributed by atoms with Gasteiger partial charge in [0.1, 0.15) is 40.9 Å². The Balaban J connectivity index is 1.51. The maximum absolute atomic E-state index is 13.9. The highest BCUT2D eigenvalue weighted by molar-refractivity contribution is 5.97. The number of pyridine rings is 1. The molecule has 2 unspecified atom stereocenters. The number of hydrogen-bond acceptors (Lipinski definition) is 5. The first-order valence-corrected chi connectivity index (χ1v) is 10.7. The molecule has 2 bridgehead atoms. The smallest absolute Gasteiger partial charge is 0.274 e. The topological polar surface area (TPSA) is 83.9 Å². The standard InChI is InChI=1S/C23H21F3N4O4/c1-13-2-3-23(4-5-34-11-23)30-12-28(13)22(33)19-8-20(31)16(10-29(19)30)21(32)27-9-15-17(25)6-14(24)7-18(15)26/h2-3,6-8,10,13H,4-5,9,11-12H2,1H3,(H,27,32). The van der Waals surface area contributed by atoms with E-state index in [-0.39, 0.29) is 29.9 Å². The van der Waals surface area contributed by atoms with Crippen LogP contribution in [-0.2, 0) is 11.3 Å². The number of fused-ring (bicyclic) bond motifs is 5. The maximum Gasteiger partial charge on any atom is 0.274 e. The van der Waals surface area contributed by atoms with Crippen molar-refractivity contribution in [1.29, 1.82) is 0 Å². The fraction of sp³-hybridized carbons (Fsp3) is 0.348. The van der Waals surface area contributed by atoms with Crippen molar-refractivity contribution in [2.45, 2.75) is 31.5 Å². The van der Waals surface area contributed by atoms with Crippen LogP contribution in [0.1, 0.15) is 39.8 Å². The molecule has 1 spiro atoms. The number of carbonyl (C=O) groups excluding carboxylic acids is 2. The molecule has 34 heavy (non-hydrogen) atoms. The minimum absolute atomic E-state index is 0.102. The van der Waals surface area contributed by atoms with Crippen LogP contribution in [-0.4, -0.2) is 52.9 Å². The van der Waals surface area contributed by atoms with Gasteiger partial charge in [0, 0.05) is 55.6 Å². The molecule has 1 aromatic carbocycles. The molecule has 2 aromatic rings. The molecule has 8 nitrogen and oxygen atoms in total. The highest BCUT2D eigenvalue weighted by Gasteiger charge is 2.46. The quantitative estimate of drug-likeness (QED) is 0.685. The summed E-state index contributed by atoms with van der Waals surface area (Å²) in [5.41, 5.74) is -2.02. The number of amides is 2. The van der Waals surface area contributed by atoms with Crippen molar-refractivity contribution in [3.63, 3.8) is 0 Å². The van der Waals surface area contributed by atoms with E-state index in [2.05, 4.69) is 5.32 Å². The van der Waals surface area contributed by atoms with Crippen molar-refractivity contribution in [3.05, 3.63) is 81.0 Å². The van der Waals surface area contributed by atoms with Gasteiger partial charge in [0.25, 0.3) is 11.8 Å². The Labute approximate surface area is 192 Å². The molecular formula is C23H21F3N4O4. The van der Waals surface area contributed by atoms with Crippen molar-refractivity contribution in [2.75, 3.05) is 24.9 Å². The second kappa shape index (κ2) is 8.01. The Morgan fingerprint density at radius 3 is 2.62 bits per heavy atom. The van der Waals surface area contributed by atoms with Gasteiger partial charge in [-0.25, -0.2) is 13.2 Å². The third-order valence-electron chi connectivity index (χ3n) is 6.56. The van der Waals surface area contributed by atoms with Crippen LogP contribution in [0.2, 0.25) is 0 Å². The summed E-state index contributed by atoms with van der Waals surface area (Å²) >= 11 is 0. The largest absolute Gasteiger partial charge is 0.378 e. The fourth-order valence-electron chi connectivity index (χ4n) is 4.56. The molecule has 2 atom stereocenters. The van der Waals surface area contributed by atoms with E-state index in [4.69, 9.17) is 4.74 Å². The number of rotatable bonds is 3. The van der Waals surface area contributed by atoms with E-state index in [1.54, 1.807) is 4.90 Å². The molecule has 1 aromatic heterocycles. The summed E-state index contributed by atoms with van der Waals surface area (Å²) in [5.74, 6) is -4.63. The molecule has 11 heteroatoms. The number of hydrogen-bond donors (Lipinski definition) is 1. The number of carbonyl (C=O) groups is 2. The minimum Gasteiger partial charge on any atom is -0.378 e. The van der Waals surface area contributed by atoms with Gasteiger partial charge in [-0.05, 0) is 6.92 Å². The Kier molecular flexibility index (Phi) is 5.23. The lowest BCUT2D eigenvalue weighted by Gasteiger charge is -2.46. The molecule has 5 rings (SSSR count). The first-order valence-electron chi connectivity index (χ1n) is 10.7. The summed E-state index contributed by atoms with van der Waals surface area (Å²) in [4.78, 5) is 40.3. The van der Waals surface area contributed by atoms with Crippen molar-refractivity contribution < 1.29 is 27.5 Å². The van der Waals surface area contributed by atoms with Gasteiger partial charge in [-0.1, -0.05) is 12.2 Å². The predicted molar refractivity (Wildman–Crippen MR) is 114 cm³/mol. The molecule has 1 saturated heterocycles. The van der Waals surface area contributed by atoms with Crippen LogP contribution in [0, 0.1) is 17.5 Å². The number of benzene rings is 1. The second-order valence-corrected chi connectivity index (χ2v) is 8.63.